The first-order chi connectivity index (χ1) is 13.7. The van der Waals surface area contributed by atoms with E-state index >= 15 is 0 Å². The van der Waals surface area contributed by atoms with Gasteiger partial charge in [0.05, 0.1) is 17.0 Å². The molecule has 0 saturated heterocycles. The zero-order chi connectivity index (χ0) is 19.1. The van der Waals surface area contributed by atoms with Crippen molar-refractivity contribution < 1.29 is 9.69 Å². The minimum Gasteiger partial charge on any atom is -0.353 e. The maximum absolute atomic E-state index is 12.9. The predicted octanol–water partition coefficient (Wildman–Crippen LogP) is 3.05. The van der Waals surface area contributed by atoms with Crippen LogP contribution in [0.15, 0.2) is 54.6 Å². The number of amides is 1. The van der Waals surface area contributed by atoms with Gasteiger partial charge in [0, 0.05) is 12.0 Å². The molecule has 0 saturated carbocycles. The van der Waals surface area contributed by atoms with Crippen LogP contribution in [0.4, 0.5) is 5.00 Å². The van der Waals surface area contributed by atoms with Crippen LogP contribution < -0.4 is 15.5 Å². The van der Waals surface area contributed by atoms with Crippen LogP contribution in [-0.4, -0.2) is 12.5 Å². The van der Waals surface area contributed by atoms with Crippen LogP contribution in [0.2, 0.25) is 0 Å². The maximum Gasteiger partial charge on any atom is 0.256 e. The van der Waals surface area contributed by atoms with Gasteiger partial charge >= 0.3 is 0 Å². The van der Waals surface area contributed by atoms with Crippen LogP contribution >= 0.6 is 11.3 Å². The molecule has 1 aromatic heterocycles. The molecule has 0 spiro atoms. The minimum absolute atomic E-state index is 0.0611. The van der Waals surface area contributed by atoms with Gasteiger partial charge in [-0.2, -0.15) is 0 Å². The molecule has 2 aromatic carbocycles. The van der Waals surface area contributed by atoms with E-state index in [-0.39, 0.29) is 12.1 Å². The van der Waals surface area contributed by atoms with Gasteiger partial charge in [-0.15, -0.1) is 11.3 Å². The van der Waals surface area contributed by atoms with E-state index in [0.717, 1.165) is 42.2 Å². The highest BCUT2D eigenvalue weighted by Gasteiger charge is 2.34. The molecule has 3 heterocycles. The number of fused-ring (bicyclic) bond motifs is 3. The van der Waals surface area contributed by atoms with Crippen molar-refractivity contribution in [1.82, 2.24) is 5.32 Å². The SMILES string of the molecule is Cc1ccccc1[C@@H]1NC(=O)c2c(sc3c2CC[NH+](Cc2ccccc2)C3)N1. The van der Waals surface area contributed by atoms with Gasteiger partial charge in [0.15, 0.2) is 0 Å². The van der Waals surface area contributed by atoms with Gasteiger partial charge in [0.25, 0.3) is 5.91 Å². The molecule has 1 unspecified atom stereocenters. The van der Waals surface area contributed by atoms with E-state index in [1.807, 2.05) is 12.1 Å². The molecular formula is C23H24N3OS+. The van der Waals surface area contributed by atoms with E-state index < -0.39 is 0 Å². The number of hydrogen-bond acceptors (Lipinski definition) is 3. The third kappa shape index (κ3) is 3.11. The first kappa shape index (κ1) is 17.5. The molecule has 2 aliphatic rings. The molecule has 3 aromatic rings. The van der Waals surface area contributed by atoms with Crippen molar-refractivity contribution in [2.75, 3.05) is 11.9 Å². The van der Waals surface area contributed by atoms with E-state index in [2.05, 4.69) is 60.0 Å². The van der Waals surface area contributed by atoms with Gasteiger partial charge in [-0.05, 0) is 23.6 Å². The molecule has 2 atom stereocenters. The highest BCUT2D eigenvalue weighted by atomic mass is 32.1. The second-order valence-corrected chi connectivity index (χ2v) is 8.81. The largest absolute Gasteiger partial charge is 0.353 e. The lowest BCUT2D eigenvalue weighted by molar-refractivity contribution is -0.929. The standard InChI is InChI=1S/C23H23N3OS/c1-15-7-5-6-10-17(15)21-24-22(27)20-18-11-12-26(13-16-8-3-2-4-9-16)14-19(18)28-23(20)25-21/h2-10,21,25H,11-14H2,1H3,(H,24,27)/p+1/t21-/m1/s1. The molecule has 5 heteroatoms. The number of rotatable bonds is 3. The Labute approximate surface area is 169 Å². The number of hydrogen-bond donors (Lipinski definition) is 3. The topological polar surface area (TPSA) is 45.6 Å². The van der Waals surface area contributed by atoms with E-state index in [4.69, 9.17) is 0 Å². The fraction of sp³-hybridized carbons (Fsp3) is 0.261. The van der Waals surface area contributed by atoms with Gasteiger partial charge in [0.2, 0.25) is 0 Å². The van der Waals surface area contributed by atoms with Gasteiger partial charge < -0.3 is 15.5 Å². The lowest BCUT2D eigenvalue weighted by atomic mass is 9.99. The number of thiophene rings is 1. The lowest BCUT2D eigenvalue weighted by Gasteiger charge is -2.28. The Morgan fingerprint density at radius 2 is 1.86 bits per heavy atom. The summed E-state index contributed by atoms with van der Waals surface area (Å²) < 4.78 is 0. The van der Waals surface area contributed by atoms with Crippen molar-refractivity contribution in [3.63, 3.8) is 0 Å². The molecule has 2 aliphatic heterocycles. The van der Waals surface area contributed by atoms with Crippen LogP contribution in [-0.2, 0) is 19.5 Å². The number of aryl methyl sites for hydroxylation is 1. The van der Waals surface area contributed by atoms with E-state index in [0.29, 0.717) is 0 Å². The average molecular weight is 391 g/mol. The van der Waals surface area contributed by atoms with Crippen molar-refractivity contribution in [3.05, 3.63) is 87.3 Å². The quantitative estimate of drug-likeness (QED) is 0.644. The first-order valence-corrected chi connectivity index (χ1v) is 10.7. The second-order valence-electron chi connectivity index (χ2n) is 7.70. The Kier molecular flexibility index (Phi) is 4.41. The van der Waals surface area contributed by atoms with Gasteiger partial charge in [-0.3, -0.25) is 4.79 Å². The van der Waals surface area contributed by atoms with Crippen molar-refractivity contribution in [1.29, 1.82) is 0 Å². The van der Waals surface area contributed by atoms with Crippen molar-refractivity contribution in [2.24, 2.45) is 0 Å². The average Bonchev–Trinajstić information content (AvgIpc) is 3.07. The molecule has 0 fully saturated rings. The molecule has 0 radical (unpaired) electrons. The summed E-state index contributed by atoms with van der Waals surface area (Å²) in [6.07, 6.45) is 0.807. The Bertz CT molecular complexity index is 1030. The van der Waals surface area contributed by atoms with Crippen molar-refractivity contribution in [2.45, 2.75) is 32.6 Å². The second kappa shape index (κ2) is 7.08. The number of carbonyl (C=O) groups is 1. The normalized spacial score (nSPS) is 20.7. The highest BCUT2D eigenvalue weighted by Crippen LogP contribution is 2.39. The monoisotopic (exact) mass is 390 g/mol. The molecule has 0 aliphatic carbocycles. The molecule has 1 amide bonds. The summed E-state index contributed by atoms with van der Waals surface area (Å²) in [6.45, 7) is 5.18. The zero-order valence-electron chi connectivity index (χ0n) is 15.9. The predicted molar refractivity (Wildman–Crippen MR) is 113 cm³/mol. The van der Waals surface area contributed by atoms with E-state index in [9.17, 15) is 4.79 Å². The zero-order valence-corrected chi connectivity index (χ0v) is 16.7. The van der Waals surface area contributed by atoms with E-state index in [1.165, 1.54) is 21.6 Å². The summed E-state index contributed by atoms with van der Waals surface area (Å²) in [5, 5.41) is 7.78. The van der Waals surface area contributed by atoms with Crippen LogP contribution in [0, 0.1) is 6.92 Å². The van der Waals surface area contributed by atoms with Crippen molar-refractivity contribution in [3.8, 4) is 0 Å². The summed E-state index contributed by atoms with van der Waals surface area (Å²) in [4.78, 5) is 15.9. The molecule has 0 bridgehead atoms. The number of benzene rings is 2. The summed E-state index contributed by atoms with van der Waals surface area (Å²) in [5.74, 6) is 0.0611. The summed E-state index contributed by atoms with van der Waals surface area (Å²) >= 11 is 1.77. The number of carbonyl (C=O) groups excluding carboxylic acids is 1. The molecular weight excluding hydrogens is 366 g/mol. The summed E-state index contributed by atoms with van der Waals surface area (Å²) in [5.41, 5.74) is 5.82. The molecule has 28 heavy (non-hydrogen) atoms. The summed E-state index contributed by atoms with van der Waals surface area (Å²) in [6, 6.07) is 18.9. The molecule has 5 rings (SSSR count). The minimum atomic E-state index is -0.158. The Balaban J connectivity index is 1.40. The number of quaternary nitrogens is 1. The Morgan fingerprint density at radius 1 is 1.07 bits per heavy atom. The molecule has 3 N–H and O–H groups in total. The smallest absolute Gasteiger partial charge is 0.256 e. The summed E-state index contributed by atoms with van der Waals surface area (Å²) in [7, 11) is 0. The van der Waals surface area contributed by atoms with Crippen LogP contribution in [0.25, 0.3) is 0 Å². The Morgan fingerprint density at radius 3 is 2.68 bits per heavy atom. The van der Waals surface area contributed by atoms with Crippen LogP contribution in [0.3, 0.4) is 0 Å². The van der Waals surface area contributed by atoms with Gasteiger partial charge in [-0.1, -0.05) is 54.6 Å². The van der Waals surface area contributed by atoms with Gasteiger partial charge in [0.1, 0.15) is 24.3 Å². The first-order valence-electron chi connectivity index (χ1n) is 9.84. The lowest BCUT2D eigenvalue weighted by Crippen LogP contribution is -3.10. The fourth-order valence-corrected chi connectivity index (χ4v) is 5.70. The highest BCUT2D eigenvalue weighted by molar-refractivity contribution is 7.16. The Hall–Kier alpha value is -2.63. The van der Waals surface area contributed by atoms with Crippen LogP contribution in [0.1, 0.15) is 43.7 Å². The van der Waals surface area contributed by atoms with Crippen molar-refractivity contribution >= 4 is 22.2 Å². The maximum atomic E-state index is 12.9. The van der Waals surface area contributed by atoms with Crippen LogP contribution in [0.5, 0.6) is 0 Å². The van der Waals surface area contributed by atoms with E-state index in [1.54, 1.807) is 16.2 Å². The third-order valence-electron chi connectivity index (χ3n) is 5.80. The molecule has 142 valence electrons. The van der Waals surface area contributed by atoms with Gasteiger partial charge in [-0.25, -0.2) is 0 Å². The fourth-order valence-electron chi connectivity index (χ4n) is 4.35. The number of anilines is 1. The third-order valence-corrected chi connectivity index (χ3v) is 6.97. The molecule has 4 nitrogen and oxygen atoms in total. The number of nitrogens with one attached hydrogen (secondary N) is 3.